The summed E-state index contributed by atoms with van der Waals surface area (Å²) in [5.74, 6) is -6.64. The molecule has 14 N–H and O–H groups in total. The summed E-state index contributed by atoms with van der Waals surface area (Å²) in [7, 11) is 0. The molecule has 2 aromatic carbocycles. The normalized spacial score (nSPS) is 18.5. The maximum Gasteiger partial charge on any atom is 0.326 e. The second-order valence-electron chi connectivity index (χ2n) is 18.0. The van der Waals surface area contributed by atoms with Gasteiger partial charge in [-0.2, -0.15) is 0 Å². The lowest BCUT2D eigenvalue weighted by Gasteiger charge is -2.33. The molecular weight excluding hydrogens is 903 g/mol. The molecule has 22 nitrogen and oxygen atoms in total. The number of amides is 7. The van der Waals surface area contributed by atoms with E-state index < -0.39 is 102 Å². The van der Waals surface area contributed by atoms with Gasteiger partial charge in [-0.3, -0.25) is 43.8 Å². The maximum absolute atomic E-state index is 15.0. The summed E-state index contributed by atoms with van der Waals surface area (Å²) >= 11 is 0. The van der Waals surface area contributed by atoms with Gasteiger partial charge in [0.2, 0.25) is 35.4 Å². The number of carboxylic acid groups (broad SMARTS) is 1. The van der Waals surface area contributed by atoms with Crippen molar-refractivity contribution in [3.63, 3.8) is 0 Å². The third-order valence-electron chi connectivity index (χ3n) is 13.0. The van der Waals surface area contributed by atoms with Crippen LogP contribution < -0.4 is 43.8 Å². The Hall–Kier alpha value is -7.01. The summed E-state index contributed by atoms with van der Waals surface area (Å²) in [5.41, 5.74) is 20.0. The first-order chi connectivity index (χ1) is 33.6. The van der Waals surface area contributed by atoms with Crippen molar-refractivity contribution in [3.8, 4) is 0 Å². The van der Waals surface area contributed by atoms with E-state index in [0.717, 1.165) is 15.8 Å². The van der Waals surface area contributed by atoms with Gasteiger partial charge in [-0.1, -0.05) is 68.8 Å². The summed E-state index contributed by atoms with van der Waals surface area (Å²) in [5, 5.41) is 24.7. The molecule has 70 heavy (non-hydrogen) atoms. The SMILES string of the molecule is CC[C@H](C)[C@@H](NC(=O)[C@H]1CCCN1C(=O)[C@H](Cc1c[nH]c2ccccc12)NC(=O)[C@H](Cc1ccccc1)NC(=O)[C@H](Cc1cnc[nH]1)NC(=O)[C@@H](N)CCCNC(N)N)C(=O)N1C(=O)CC[C@H]1C(=O)O. The van der Waals surface area contributed by atoms with Crippen LogP contribution in [-0.2, 0) is 57.6 Å². The largest absolute Gasteiger partial charge is 0.480 e. The number of hydrogen-bond acceptors (Lipinski definition) is 13. The summed E-state index contributed by atoms with van der Waals surface area (Å²) < 4.78 is 0. The van der Waals surface area contributed by atoms with Crippen LogP contribution in [0, 0.1) is 5.92 Å². The number of nitrogens with one attached hydrogen (secondary N) is 7. The Balaban J connectivity index is 1.26. The second kappa shape index (κ2) is 24.5. The van der Waals surface area contributed by atoms with Gasteiger partial charge in [0.15, 0.2) is 0 Å². The van der Waals surface area contributed by atoms with Crippen LogP contribution >= 0.6 is 0 Å². The Labute approximate surface area is 405 Å². The smallest absolute Gasteiger partial charge is 0.326 e. The molecule has 4 aromatic rings. The number of H-pyrrole nitrogens is 2. The zero-order valence-electron chi connectivity index (χ0n) is 39.4. The third kappa shape index (κ3) is 13.4. The number of carbonyl (C=O) groups is 8. The minimum atomic E-state index is -1.36. The van der Waals surface area contributed by atoms with Gasteiger partial charge in [0.05, 0.1) is 12.4 Å². The molecule has 2 aromatic heterocycles. The highest BCUT2D eigenvalue weighted by Crippen LogP contribution is 2.26. The Morgan fingerprint density at radius 2 is 1.50 bits per heavy atom. The number of aromatic nitrogens is 3. The van der Waals surface area contributed by atoms with E-state index in [1.165, 1.54) is 17.4 Å². The Kier molecular flexibility index (Phi) is 18.3. The summed E-state index contributed by atoms with van der Waals surface area (Å²) in [6, 6.07) is 7.82. The number of nitrogens with zero attached hydrogens (tertiary/aromatic N) is 3. The molecule has 0 bridgehead atoms. The van der Waals surface area contributed by atoms with Gasteiger partial charge in [-0.25, -0.2) is 9.78 Å². The number of fused-ring (bicyclic) bond motifs is 1. The highest BCUT2D eigenvalue weighted by Gasteiger charge is 2.46. The molecule has 8 atom stereocenters. The van der Waals surface area contributed by atoms with Gasteiger partial charge >= 0.3 is 5.97 Å². The third-order valence-corrected chi connectivity index (χ3v) is 13.0. The van der Waals surface area contributed by atoms with Crippen LogP contribution in [0.15, 0.2) is 73.3 Å². The lowest BCUT2D eigenvalue weighted by molar-refractivity contribution is -0.156. The Morgan fingerprint density at radius 3 is 2.19 bits per heavy atom. The molecule has 2 fully saturated rings. The summed E-state index contributed by atoms with van der Waals surface area (Å²) in [6.07, 6.45) is 5.39. The highest BCUT2D eigenvalue weighted by atomic mass is 16.4. The average Bonchev–Trinajstić information content (AvgIpc) is 4.19. The molecule has 4 heterocycles. The van der Waals surface area contributed by atoms with Crippen LogP contribution in [0.25, 0.3) is 10.9 Å². The quantitative estimate of drug-likeness (QED) is 0.0309. The average molecular weight is 968 g/mol. The highest BCUT2D eigenvalue weighted by molar-refractivity contribution is 6.05. The number of para-hydroxylation sites is 1. The number of aliphatic carboxylic acids is 1. The van der Waals surface area contributed by atoms with Crippen molar-refractivity contribution in [2.75, 3.05) is 13.1 Å². The van der Waals surface area contributed by atoms with Crippen molar-refractivity contribution in [3.05, 3.63) is 90.1 Å². The van der Waals surface area contributed by atoms with Gasteiger partial charge in [0, 0.05) is 61.2 Å². The minimum Gasteiger partial charge on any atom is -0.480 e. The zero-order chi connectivity index (χ0) is 50.5. The van der Waals surface area contributed by atoms with Crippen molar-refractivity contribution in [1.82, 2.24) is 51.3 Å². The number of imide groups is 1. The topological polar surface area (TPSA) is 346 Å². The van der Waals surface area contributed by atoms with Gasteiger partial charge in [-0.15, -0.1) is 0 Å². The van der Waals surface area contributed by atoms with Crippen LogP contribution in [0.2, 0.25) is 0 Å². The summed E-state index contributed by atoms with van der Waals surface area (Å²) in [6.45, 7) is 4.03. The summed E-state index contributed by atoms with van der Waals surface area (Å²) in [4.78, 5) is 123. The standard InChI is InChI=1S/C48H65N13O9/c1-3-27(2)40(46(68)61-38(47(69)70)17-18-39(61)62)59-44(66)37-16-10-20-60(37)45(67)36(22-29-24-54-33-15-8-7-13-31(29)33)58-42(64)34(21-28-11-5-4-6-12-28)57-43(65)35(23-30-25-52-26-55-30)56-41(63)32(49)14-9-19-53-48(50)51/h4-8,11-13,15,24-27,32,34-38,40,48,53-54H,3,9-10,14,16-23,49-51H2,1-2H3,(H,52,55)(H,56,63)(H,57,65)(H,58,64)(H,59,66)(H,69,70)/t27-,32-,34-,35-,36-,37+,38-,40+/m0/s1. The first-order valence-electron chi connectivity index (χ1n) is 23.7. The molecule has 0 unspecified atom stereocenters. The van der Waals surface area contributed by atoms with Gasteiger partial charge < -0.3 is 58.4 Å². The van der Waals surface area contributed by atoms with E-state index in [0.29, 0.717) is 42.6 Å². The lowest BCUT2D eigenvalue weighted by atomic mass is 9.96. The van der Waals surface area contributed by atoms with E-state index in [1.54, 1.807) is 50.4 Å². The van der Waals surface area contributed by atoms with Crippen molar-refractivity contribution in [2.45, 2.75) is 127 Å². The van der Waals surface area contributed by atoms with Gasteiger partial charge in [-0.05, 0) is 61.8 Å². The van der Waals surface area contributed by atoms with Crippen LogP contribution in [0.5, 0.6) is 0 Å². The monoisotopic (exact) mass is 968 g/mol. The minimum absolute atomic E-state index is 0.0189. The molecule has 2 aliphatic heterocycles. The van der Waals surface area contributed by atoms with E-state index in [1.807, 2.05) is 24.3 Å². The molecule has 0 saturated carbocycles. The Morgan fingerprint density at radius 1 is 0.814 bits per heavy atom. The molecule has 2 saturated heterocycles. The van der Waals surface area contributed by atoms with E-state index >= 15 is 4.79 Å². The van der Waals surface area contributed by atoms with Crippen LogP contribution in [0.4, 0.5) is 0 Å². The molecule has 22 heteroatoms. The number of nitrogens with two attached hydrogens (primary N) is 3. The fourth-order valence-corrected chi connectivity index (χ4v) is 8.93. The zero-order valence-corrected chi connectivity index (χ0v) is 39.4. The molecule has 0 radical (unpaired) electrons. The lowest BCUT2D eigenvalue weighted by Crippen LogP contribution is -2.61. The Bertz CT molecular complexity index is 2460. The maximum atomic E-state index is 15.0. The van der Waals surface area contributed by atoms with Crippen LogP contribution in [-0.4, -0.2) is 139 Å². The molecule has 6 rings (SSSR count). The van der Waals surface area contributed by atoms with Crippen molar-refractivity contribution in [2.24, 2.45) is 23.1 Å². The number of aromatic amines is 2. The number of carboxylic acids is 1. The molecule has 7 amide bonds. The second-order valence-corrected chi connectivity index (χ2v) is 18.0. The number of imidazole rings is 1. The van der Waals surface area contributed by atoms with Gasteiger partial charge in [0.25, 0.3) is 5.91 Å². The van der Waals surface area contributed by atoms with E-state index in [9.17, 15) is 38.7 Å². The fourth-order valence-electron chi connectivity index (χ4n) is 8.93. The molecule has 376 valence electrons. The van der Waals surface area contributed by atoms with E-state index in [4.69, 9.17) is 17.2 Å². The van der Waals surface area contributed by atoms with E-state index in [2.05, 4.69) is 41.5 Å². The van der Waals surface area contributed by atoms with Gasteiger partial charge in [0.1, 0.15) is 42.5 Å². The van der Waals surface area contributed by atoms with Crippen LogP contribution in [0.1, 0.15) is 75.6 Å². The van der Waals surface area contributed by atoms with Crippen molar-refractivity contribution >= 4 is 58.2 Å². The van der Waals surface area contributed by atoms with Crippen molar-refractivity contribution < 1.29 is 43.5 Å². The molecular formula is C48H65N13O9. The number of benzene rings is 2. The predicted octanol–water partition coefficient (Wildman–Crippen LogP) is -0.605. The first kappa shape index (κ1) is 52.4. The number of rotatable bonds is 24. The first-order valence-corrected chi connectivity index (χ1v) is 23.7. The number of likely N-dealkylation sites (tertiary alicyclic amines) is 2. The molecule has 0 spiro atoms. The van der Waals surface area contributed by atoms with E-state index in [-0.39, 0.29) is 51.5 Å². The fraction of sp³-hybridized carbons (Fsp3) is 0.479. The number of carbonyl (C=O) groups excluding carboxylic acids is 7. The molecule has 0 aliphatic carbocycles. The molecule has 2 aliphatic rings. The predicted molar refractivity (Wildman–Crippen MR) is 256 cm³/mol. The van der Waals surface area contributed by atoms with Crippen molar-refractivity contribution in [1.29, 1.82) is 0 Å². The number of hydrogen-bond donors (Lipinski definition) is 11. The van der Waals surface area contributed by atoms with Crippen LogP contribution in [0.3, 0.4) is 0 Å².